The Hall–Kier alpha value is -0.900. The Balaban J connectivity index is 1.55. The summed E-state index contributed by atoms with van der Waals surface area (Å²) in [5.74, 6) is 0.940. The highest BCUT2D eigenvalue weighted by molar-refractivity contribution is 5.14. The van der Waals surface area contributed by atoms with Crippen LogP contribution in [0.4, 0.5) is 0 Å². The largest absolute Gasteiger partial charge is 0.305 e. The Labute approximate surface area is 121 Å². The predicted octanol–water partition coefficient (Wildman–Crippen LogP) is 2.65. The van der Waals surface area contributed by atoms with Crippen molar-refractivity contribution in [2.75, 3.05) is 0 Å². The van der Waals surface area contributed by atoms with Crippen molar-refractivity contribution in [1.82, 2.24) is 20.3 Å². The smallest absolute Gasteiger partial charge is 0.0964 e. The molecule has 2 unspecified atom stereocenters. The van der Waals surface area contributed by atoms with Gasteiger partial charge in [-0.25, -0.2) is 0 Å². The summed E-state index contributed by atoms with van der Waals surface area (Å²) in [5.41, 5.74) is 2.58. The Kier molecular flexibility index (Phi) is 2.46. The van der Waals surface area contributed by atoms with E-state index < -0.39 is 0 Å². The van der Waals surface area contributed by atoms with Crippen molar-refractivity contribution in [3.05, 3.63) is 11.9 Å². The zero-order valence-electron chi connectivity index (χ0n) is 12.9. The second-order valence-electron chi connectivity index (χ2n) is 8.65. The Morgan fingerprint density at radius 2 is 1.90 bits per heavy atom. The average molecular weight is 274 g/mol. The fraction of sp³-hybridized carbons (Fsp3) is 0.875. The van der Waals surface area contributed by atoms with E-state index >= 15 is 0 Å². The van der Waals surface area contributed by atoms with Crippen molar-refractivity contribution in [2.24, 2.45) is 23.8 Å². The van der Waals surface area contributed by atoms with Crippen LogP contribution in [-0.2, 0) is 13.6 Å². The summed E-state index contributed by atoms with van der Waals surface area (Å²) in [4.78, 5) is 0. The quantitative estimate of drug-likeness (QED) is 0.921. The van der Waals surface area contributed by atoms with Gasteiger partial charge in [0.1, 0.15) is 0 Å². The van der Waals surface area contributed by atoms with E-state index in [0.717, 1.165) is 18.2 Å². The van der Waals surface area contributed by atoms with Crippen LogP contribution >= 0.6 is 0 Å². The molecule has 0 saturated heterocycles. The third-order valence-electron chi connectivity index (χ3n) is 5.92. The third kappa shape index (κ3) is 2.00. The van der Waals surface area contributed by atoms with Crippen molar-refractivity contribution in [3.8, 4) is 0 Å². The molecule has 110 valence electrons. The van der Waals surface area contributed by atoms with E-state index in [2.05, 4.69) is 29.5 Å². The van der Waals surface area contributed by atoms with Gasteiger partial charge in [0.2, 0.25) is 0 Å². The van der Waals surface area contributed by atoms with E-state index in [1.54, 1.807) is 4.68 Å². The zero-order chi connectivity index (χ0) is 14.0. The monoisotopic (exact) mass is 274 g/mol. The first-order chi connectivity index (χ1) is 9.38. The van der Waals surface area contributed by atoms with E-state index in [-0.39, 0.29) is 0 Å². The Bertz CT molecular complexity index is 516. The van der Waals surface area contributed by atoms with E-state index in [1.165, 1.54) is 38.5 Å². The maximum absolute atomic E-state index is 4.22. The maximum atomic E-state index is 4.22. The van der Waals surface area contributed by atoms with E-state index in [0.29, 0.717) is 16.4 Å². The summed E-state index contributed by atoms with van der Waals surface area (Å²) in [5, 5.41) is 12.1. The molecule has 1 N–H and O–H groups in total. The second-order valence-corrected chi connectivity index (χ2v) is 8.65. The molecule has 2 atom stereocenters. The van der Waals surface area contributed by atoms with Crippen molar-refractivity contribution in [3.63, 3.8) is 0 Å². The molecule has 4 aliphatic rings. The van der Waals surface area contributed by atoms with Gasteiger partial charge in [-0.05, 0) is 55.3 Å². The van der Waals surface area contributed by atoms with Crippen LogP contribution in [-0.4, -0.2) is 20.5 Å². The molecule has 4 fully saturated rings. The van der Waals surface area contributed by atoms with Crippen LogP contribution < -0.4 is 5.32 Å². The van der Waals surface area contributed by atoms with Crippen LogP contribution in [0, 0.1) is 16.7 Å². The lowest BCUT2D eigenvalue weighted by Crippen LogP contribution is -2.63. The SMILES string of the molecule is Cn1cc(CNC23CC4CC(C)(CC(C)(C4)C2)C3)nn1. The van der Waals surface area contributed by atoms with Crippen LogP contribution in [0.3, 0.4) is 0 Å². The zero-order valence-corrected chi connectivity index (χ0v) is 12.9. The molecule has 4 saturated carbocycles. The molecule has 0 aromatic carbocycles. The molecule has 20 heavy (non-hydrogen) atoms. The number of nitrogens with one attached hydrogen (secondary N) is 1. The van der Waals surface area contributed by atoms with Gasteiger partial charge >= 0.3 is 0 Å². The van der Waals surface area contributed by atoms with Gasteiger partial charge < -0.3 is 5.32 Å². The highest BCUT2D eigenvalue weighted by Crippen LogP contribution is 2.66. The fourth-order valence-electron chi connectivity index (χ4n) is 6.40. The molecule has 5 rings (SSSR count). The predicted molar refractivity (Wildman–Crippen MR) is 78.0 cm³/mol. The molecule has 0 spiro atoms. The highest BCUT2D eigenvalue weighted by atomic mass is 15.4. The van der Waals surface area contributed by atoms with Crippen LogP contribution in [0.15, 0.2) is 6.20 Å². The standard InChI is InChI=1S/C16H26N4/c1-14-4-12-5-15(2,9-14)11-16(6-12,10-14)17-7-13-8-20(3)19-18-13/h8,12,17H,4-7,9-11H2,1-3H3. The molecule has 4 bridgehead atoms. The van der Waals surface area contributed by atoms with E-state index in [9.17, 15) is 0 Å². The molecule has 4 heteroatoms. The lowest BCUT2D eigenvalue weighted by molar-refractivity contribution is -0.118. The Morgan fingerprint density at radius 3 is 2.45 bits per heavy atom. The van der Waals surface area contributed by atoms with Gasteiger partial charge in [-0.1, -0.05) is 19.1 Å². The third-order valence-corrected chi connectivity index (χ3v) is 5.92. The molecule has 0 amide bonds. The molecule has 0 radical (unpaired) electrons. The number of nitrogens with zero attached hydrogens (tertiary/aromatic N) is 3. The van der Waals surface area contributed by atoms with Gasteiger partial charge in [0.25, 0.3) is 0 Å². The fourth-order valence-corrected chi connectivity index (χ4v) is 6.40. The minimum Gasteiger partial charge on any atom is -0.305 e. The summed E-state index contributed by atoms with van der Waals surface area (Å²) < 4.78 is 1.79. The molecule has 1 aromatic rings. The first kappa shape index (κ1) is 12.8. The summed E-state index contributed by atoms with van der Waals surface area (Å²) in [6, 6.07) is 0. The minimum atomic E-state index is 0.362. The van der Waals surface area contributed by atoms with E-state index in [4.69, 9.17) is 0 Å². The number of hydrogen-bond acceptors (Lipinski definition) is 3. The molecular formula is C16H26N4. The lowest BCUT2D eigenvalue weighted by Gasteiger charge is -2.65. The van der Waals surface area contributed by atoms with Gasteiger partial charge in [0, 0.05) is 25.3 Å². The number of aromatic nitrogens is 3. The van der Waals surface area contributed by atoms with E-state index in [1.807, 2.05) is 13.2 Å². The summed E-state index contributed by atoms with van der Waals surface area (Å²) >= 11 is 0. The second kappa shape index (κ2) is 3.85. The van der Waals surface area contributed by atoms with Gasteiger partial charge in [0.15, 0.2) is 0 Å². The average Bonchev–Trinajstić information content (AvgIpc) is 2.68. The molecule has 4 aliphatic carbocycles. The number of hydrogen-bond donors (Lipinski definition) is 1. The lowest BCUT2D eigenvalue weighted by atomic mass is 9.43. The molecule has 4 nitrogen and oxygen atoms in total. The van der Waals surface area contributed by atoms with Crippen LogP contribution in [0.2, 0.25) is 0 Å². The summed E-state index contributed by atoms with van der Waals surface area (Å²) in [6.07, 6.45) is 10.5. The normalized spacial score (nSPS) is 46.0. The van der Waals surface area contributed by atoms with Gasteiger partial charge in [-0.15, -0.1) is 5.10 Å². The number of rotatable bonds is 3. The van der Waals surface area contributed by atoms with Crippen LogP contribution in [0.25, 0.3) is 0 Å². The van der Waals surface area contributed by atoms with Gasteiger partial charge in [0.05, 0.1) is 5.69 Å². The molecule has 0 aliphatic heterocycles. The van der Waals surface area contributed by atoms with Crippen molar-refractivity contribution in [2.45, 2.75) is 64.5 Å². The van der Waals surface area contributed by atoms with Crippen molar-refractivity contribution < 1.29 is 0 Å². The van der Waals surface area contributed by atoms with Crippen molar-refractivity contribution in [1.29, 1.82) is 0 Å². The summed E-state index contributed by atoms with van der Waals surface area (Å²) in [7, 11) is 1.93. The highest BCUT2D eigenvalue weighted by Gasteiger charge is 2.59. The molecule has 1 heterocycles. The van der Waals surface area contributed by atoms with Gasteiger partial charge in [-0.3, -0.25) is 4.68 Å². The molecule has 1 aromatic heterocycles. The van der Waals surface area contributed by atoms with Crippen LogP contribution in [0.5, 0.6) is 0 Å². The van der Waals surface area contributed by atoms with Gasteiger partial charge in [-0.2, -0.15) is 0 Å². The van der Waals surface area contributed by atoms with Crippen LogP contribution in [0.1, 0.15) is 58.1 Å². The van der Waals surface area contributed by atoms with Crippen molar-refractivity contribution >= 4 is 0 Å². The first-order valence-electron chi connectivity index (χ1n) is 7.98. The summed E-state index contributed by atoms with van der Waals surface area (Å²) in [6.45, 7) is 5.91. The first-order valence-corrected chi connectivity index (χ1v) is 7.98. The topological polar surface area (TPSA) is 42.7 Å². The maximum Gasteiger partial charge on any atom is 0.0964 e. The minimum absolute atomic E-state index is 0.362. The number of aryl methyl sites for hydroxylation is 1. The Morgan fingerprint density at radius 1 is 1.20 bits per heavy atom. The molecular weight excluding hydrogens is 248 g/mol.